The van der Waals surface area contributed by atoms with Crippen molar-refractivity contribution in [3.63, 3.8) is 0 Å². The number of alkyl halides is 2. The van der Waals surface area contributed by atoms with Gasteiger partial charge < -0.3 is 19.1 Å². The number of imide groups is 2. The lowest BCUT2D eigenvalue weighted by molar-refractivity contribution is -0.129. The molecule has 0 unspecified atom stereocenters. The summed E-state index contributed by atoms with van der Waals surface area (Å²) >= 11 is 0. The highest BCUT2D eigenvalue weighted by Crippen LogP contribution is 2.39. The zero-order chi connectivity index (χ0) is 48.1. The molecule has 17 nitrogen and oxygen atoms in total. The molecular weight excluding hydrogens is 903 g/mol. The summed E-state index contributed by atoms with van der Waals surface area (Å²) in [4.78, 5) is 60.1. The number of nitrogens with zero attached hydrogens (tertiary/aromatic N) is 7. The summed E-state index contributed by atoms with van der Waals surface area (Å²) in [5, 5.41) is 7.57. The first kappa shape index (κ1) is 46.5. The zero-order valence-corrected chi connectivity index (χ0v) is 38.9. The lowest BCUT2D eigenvalue weighted by Crippen LogP contribution is -2.61. The van der Waals surface area contributed by atoms with Gasteiger partial charge in [0.1, 0.15) is 21.3 Å². The second-order valence-corrected chi connectivity index (χ2v) is 19.8. The van der Waals surface area contributed by atoms with Gasteiger partial charge in [0.2, 0.25) is 5.91 Å². The molecule has 2 atom stereocenters. The number of halogens is 2. The second-order valence-electron chi connectivity index (χ2n) is 17.6. The van der Waals surface area contributed by atoms with Crippen LogP contribution >= 0.6 is 0 Å². The number of ether oxygens (including phenoxy) is 3. The molecule has 5 aromatic rings. The van der Waals surface area contributed by atoms with E-state index in [4.69, 9.17) is 14.2 Å². The second kappa shape index (κ2) is 18.5. The van der Waals surface area contributed by atoms with Gasteiger partial charge in [-0.25, -0.2) is 22.0 Å². The first-order chi connectivity index (χ1) is 32.5. The van der Waals surface area contributed by atoms with Gasteiger partial charge >= 0.3 is 6.03 Å². The molecule has 1 aromatic heterocycles. The molecule has 4 aliphatic rings. The summed E-state index contributed by atoms with van der Waals surface area (Å²) in [6.45, 7) is 4.38. The fourth-order valence-electron chi connectivity index (χ4n) is 9.68. The van der Waals surface area contributed by atoms with Gasteiger partial charge in [0.25, 0.3) is 17.7 Å². The number of carbonyl (C=O) groups is 4. The first-order valence-electron chi connectivity index (χ1n) is 22.4. The monoisotopic (exact) mass is 954 g/mol. The van der Waals surface area contributed by atoms with Gasteiger partial charge in [-0.1, -0.05) is 18.2 Å². The summed E-state index contributed by atoms with van der Waals surface area (Å²) < 4.78 is 76.2. The largest absolute Gasteiger partial charge is 0.493 e. The maximum atomic E-state index is 16.0. The van der Waals surface area contributed by atoms with Crippen LogP contribution in [0.5, 0.6) is 23.0 Å². The van der Waals surface area contributed by atoms with E-state index >= 15 is 8.78 Å². The molecule has 4 aliphatic heterocycles. The van der Waals surface area contributed by atoms with Crippen molar-refractivity contribution in [1.82, 2.24) is 29.8 Å². The summed E-state index contributed by atoms with van der Waals surface area (Å²) in [5.41, 5.74) is 2.98. The summed E-state index contributed by atoms with van der Waals surface area (Å²) in [7, 11) is -0.437. The van der Waals surface area contributed by atoms with Crippen molar-refractivity contribution in [3.05, 3.63) is 101 Å². The maximum Gasteiger partial charge on any atom is 0.329 e. The van der Waals surface area contributed by atoms with E-state index in [2.05, 4.69) is 10.4 Å². The van der Waals surface area contributed by atoms with Gasteiger partial charge in [0.05, 0.1) is 54.7 Å². The zero-order valence-electron chi connectivity index (χ0n) is 38.1. The van der Waals surface area contributed by atoms with E-state index in [-0.39, 0.29) is 43.0 Å². The van der Waals surface area contributed by atoms with E-state index in [0.717, 1.165) is 27.6 Å². The molecule has 3 fully saturated rings. The van der Waals surface area contributed by atoms with Crippen LogP contribution in [-0.2, 0) is 28.2 Å². The van der Waals surface area contributed by atoms with Crippen LogP contribution in [-0.4, -0.2) is 140 Å². The number of likely N-dealkylation sites (tertiary alicyclic amines) is 1. The fraction of sp³-hybridized carbons (Fsp3) is 0.396. The van der Waals surface area contributed by atoms with E-state index in [0.29, 0.717) is 85.9 Å². The Labute approximate surface area is 392 Å². The Morgan fingerprint density at radius 2 is 1.59 bits per heavy atom. The minimum atomic E-state index is -3.68. The number of benzene rings is 4. The summed E-state index contributed by atoms with van der Waals surface area (Å²) in [6, 6.07) is 19.9. The van der Waals surface area contributed by atoms with Crippen molar-refractivity contribution in [1.29, 1.82) is 0 Å². The highest BCUT2D eigenvalue weighted by molar-refractivity contribution is 7.90. The van der Waals surface area contributed by atoms with E-state index in [1.54, 1.807) is 78.2 Å². The topological polar surface area (TPSA) is 176 Å². The average Bonchev–Trinajstić information content (AvgIpc) is 3.76. The molecule has 358 valence electrons. The Bertz CT molecular complexity index is 2910. The quantitative estimate of drug-likeness (QED) is 0.136. The number of aromatic nitrogens is 2. The summed E-state index contributed by atoms with van der Waals surface area (Å²) in [5.74, 6) is -2.68. The van der Waals surface area contributed by atoms with Crippen LogP contribution in [0.3, 0.4) is 0 Å². The lowest BCUT2D eigenvalue weighted by atomic mass is 9.97. The SMILES string of the molecule is CCOc1cc([C@@H](CS(C)(=O)=O)N2C(=O)c3ccc(N4CCN([C@@H]5CCN(Cc6ccc(Oc7ccc8c(N9CCC(=O)NC9=O)nn(C)c8c7)cc6)CC5(F)F)CC4)cc3C2=O)ccc1OC. The molecule has 5 heterocycles. The normalized spacial score (nSPS) is 19.6. The molecule has 1 N–H and O–H groups in total. The number of carbonyl (C=O) groups excluding carboxylic acids is 4. The van der Waals surface area contributed by atoms with Gasteiger partial charge in [-0.2, -0.15) is 5.10 Å². The molecule has 9 rings (SSSR count). The molecular formula is C48H52F2N8O9S. The Balaban J connectivity index is 0.796. The molecule has 0 saturated carbocycles. The van der Waals surface area contributed by atoms with Crippen LogP contribution in [0.4, 0.5) is 25.1 Å². The van der Waals surface area contributed by atoms with Gasteiger partial charge in [0.15, 0.2) is 17.3 Å². The van der Waals surface area contributed by atoms with Crippen molar-refractivity contribution >= 4 is 56.0 Å². The minimum absolute atomic E-state index is 0.151. The Kier molecular flexibility index (Phi) is 12.6. The van der Waals surface area contributed by atoms with Crippen LogP contribution in [0.2, 0.25) is 0 Å². The Hall–Kier alpha value is -6.64. The third-order valence-corrected chi connectivity index (χ3v) is 13.9. The number of sulfone groups is 1. The van der Waals surface area contributed by atoms with Gasteiger partial charge in [0, 0.05) is 82.7 Å². The van der Waals surface area contributed by atoms with Gasteiger partial charge in [-0.15, -0.1) is 0 Å². The number of amides is 5. The van der Waals surface area contributed by atoms with Crippen LogP contribution < -0.4 is 29.3 Å². The molecule has 3 saturated heterocycles. The van der Waals surface area contributed by atoms with E-state index in [1.165, 1.54) is 12.0 Å². The minimum Gasteiger partial charge on any atom is -0.493 e. The number of nitrogens with one attached hydrogen (secondary N) is 1. The third-order valence-electron chi connectivity index (χ3n) is 13.0. The maximum absolute atomic E-state index is 16.0. The van der Waals surface area contributed by atoms with Crippen molar-refractivity contribution in [2.24, 2.45) is 7.05 Å². The lowest BCUT2D eigenvalue weighted by Gasteiger charge is -2.46. The van der Waals surface area contributed by atoms with Crippen LogP contribution in [0.15, 0.2) is 78.9 Å². The molecule has 5 amide bonds. The Morgan fingerprint density at radius 3 is 2.28 bits per heavy atom. The number of rotatable bonds is 14. The van der Waals surface area contributed by atoms with Crippen LogP contribution in [0.25, 0.3) is 10.9 Å². The number of aryl methyl sites for hydroxylation is 1. The molecule has 0 aliphatic carbocycles. The highest BCUT2D eigenvalue weighted by atomic mass is 32.2. The van der Waals surface area contributed by atoms with E-state index < -0.39 is 51.4 Å². The number of anilines is 2. The van der Waals surface area contributed by atoms with Gasteiger partial charge in [-0.05, 0) is 79.1 Å². The Morgan fingerprint density at radius 1 is 0.853 bits per heavy atom. The van der Waals surface area contributed by atoms with Crippen molar-refractivity contribution in [2.45, 2.75) is 44.3 Å². The highest BCUT2D eigenvalue weighted by Gasteiger charge is 2.48. The van der Waals surface area contributed by atoms with E-state index in [1.807, 2.05) is 34.1 Å². The predicted molar refractivity (Wildman–Crippen MR) is 249 cm³/mol. The molecule has 68 heavy (non-hydrogen) atoms. The molecule has 4 aromatic carbocycles. The number of urea groups is 1. The van der Waals surface area contributed by atoms with Crippen LogP contribution in [0, 0.1) is 0 Å². The summed E-state index contributed by atoms with van der Waals surface area (Å²) in [6.07, 6.45) is 1.52. The average molecular weight is 955 g/mol. The van der Waals surface area contributed by atoms with Crippen LogP contribution in [0.1, 0.15) is 57.7 Å². The van der Waals surface area contributed by atoms with Crippen molar-refractivity contribution in [3.8, 4) is 23.0 Å². The van der Waals surface area contributed by atoms with E-state index in [9.17, 15) is 27.6 Å². The number of hydrogen-bond donors (Lipinski definition) is 1. The smallest absolute Gasteiger partial charge is 0.329 e. The number of methoxy groups -OCH3 is 1. The molecule has 0 spiro atoms. The molecule has 20 heteroatoms. The fourth-order valence-corrected chi connectivity index (χ4v) is 10.6. The number of piperazine rings is 1. The van der Waals surface area contributed by atoms with Gasteiger partial charge in [-0.3, -0.25) is 44.0 Å². The predicted octanol–water partition coefficient (Wildman–Crippen LogP) is 5.63. The number of piperidine rings is 1. The molecule has 0 radical (unpaired) electrons. The molecule has 0 bridgehead atoms. The van der Waals surface area contributed by atoms with Crippen molar-refractivity contribution < 1.29 is 50.6 Å². The number of fused-ring (bicyclic) bond motifs is 2. The third kappa shape index (κ3) is 9.31. The standard InChI is InChI=1S/C48H52F2N8O9S/c1-5-66-41-24-31(8-15-40(41)65-3)39(28-68(4,63)64)58-45(60)35-13-9-32(25-37(35)46(58)61)55-20-22-56(23-21-55)42-16-18-54(29-48(42,49)50)27-30-6-10-33(11-7-30)67-34-12-14-36-38(26-34)53(2)52-44(36)57-19-17-43(59)51-47(57)62/h6-15,24-26,39,42H,5,16-23,27-29H2,1-4H3,(H,51,59,62)/t39-,42-/m1/s1. The first-order valence-corrected chi connectivity index (χ1v) is 24.5. The number of hydrogen-bond acceptors (Lipinski definition) is 13. The van der Waals surface area contributed by atoms with Crippen molar-refractivity contribution in [2.75, 3.05) is 81.3 Å².